The summed E-state index contributed by atoms with van der Waals surface area (Å²) in [5, 5.41) is 13.5. The van der Waals surface area contributed by atoms with Crippen LogP contribution >= 0.6 is 11.8 Å². The zero-order chi connectivity index (χ0) is 18.4. The van der Waals surface area contributed by atoms with Crippen molar-refractivity contribution < 1.29 is 14.5 Å². The molecule has 0 aliphatic carbocycles. The molecule has 0 radical (unpaired) electrons. The van der Waals surface area contributed by atoms with E-state index in [4.69, 9.17) is 4.74 Å². The molecule has 1 aromatic carbocycles. The van der Waals surface area contributed by atoms with Crippen LogP contribution in [0.4, 0.5) is 5.69 Å². The number of hydrogen-bond acceptors (Lipinski definition) is 6. The fourth-order valence-electron chi connectivity index (χ4n) is 2.67. The summed E-state index contributed by atoms with van der Waals surface area (Å²) in [5.74, 6) is -0.0315. The lowest BCUT2D eigenvalue weighted by molar-refractivity contribution is -0.384. The highest BCUT2D eigenvalue weighted by molar-refractivity contribution is 8.00. The predicted molar refractivity (Wildman–Crippen MR) is 97.9 cm³/mol. The second-order valence-electron chi connectivity index (χ2n) is 6.20. The van der Waals surface area contributed by atoms with Gasteiger partial charge in [-0.3, -0.25) is 19.8 Å². The van der Waals surface area contributed by atoms with Crippen LogP contribution < -0.4 is 5.32 Å². The van der Waals surface area contributed by atoms with Crippen molar-refractivity contribution in [2.45, 2.75) is 43.0 Å². The Balaban J connectivity index is 1.85. The molecule has 138 valence electrons. The molecular formula is C17H25N3O4S. The Labute approximate surface area is 152 Å². The van der Waals surface area contributed by atoms with Gasteiger partial charge in [-0.2, -0.15) is 0 Å². The number of carbonyl (C=O) groups is 1. The summed E-state index contributed by atoms with van der Waals surface area (Å²) < 4.78 is 5.36. The molecule has 2 rings (SSSR count). The molecule has 1 heterocycles. The van der Waals surface area contributed by atoms with E-state index in [1.807, 2.05) is 13.8 Å². The number of morpholine rings is 1. The van der Waals surface area contributed by atoms with Gasteiger partial charge in [-0.25, -0.2) is 0 Å². The number of nitro benzene ring substituents is 1. The Morgan fingerprint density at radius 3 is 2.40 bits per heavy atom. The first-order valence-corrected chi connectivity index (χ1v) is 9.29. The first-order chi connectivity index (χ1) is 11.9. The third kappa shape index (κ3) is 5.69. The molecule has 0 bridgehead atoms. The minimum atomic E-state index is -0.431. The summed E-state index contributed by atoms with van der Waals surface area (Å²) in [6.45, 7) is 9.21. The number of amides is 1. The number of ether oxygens (including phenoxy) is 1. The zero-order valence-electron chi connectivity index (χ0n) is 14.8. The normalized spacial score (nSPS) is 19.0. The quantitative estimate of drug-likeness (QED) is 0.452. The molecule has 1 amide bonds. The van der Waals surface area contributed by atoms with Gasteiger partial charge in [-0.15, -0.1) is 11.8 Å². The maximum Gasteiger partial charge on any atom is 0.269 e. The zero-order valence-corrected chi connectivity index (χ0v) is 15.6. The third-order valence-corrected chi connectivity index (χ3v) is 5.56. The summed E-state index contributed by atoms with van der Waals surface area (Å²) in [6.07, 6.45) is 0. The summed E-state index contributed by atoms with van der Waals surface area (Å²) >= 11 is 1.39. The highest BCUT2D eigenvalue weighted by Gasteiger charge is 2.25. The Morgan fingerprint density at radius 1 is 1.24 bits per heavy atom. The number of nitrogens with zero attached hydrogens (tertiary/aromatic N) is 2. The number of carbonyl (C=O) groups excluding carboxylic acids is 1. The number of benzene rings is 1. The molecule has 1 N–H and O–H groups in total. The van der Waals surface area contributed by atoms with Gasteiger partial charge in [0, 0.05) is 42.2 Å². The first kappa shape index (κ1) is 19.7. The second-order valence-corrected chi connectivity index (χ2v) is 7.61. The van der Waals surface area contributed by atoms with Gasteiger partial charge in [0.15, 0.2) is 0 Å². The lowest BCUT2D eigenvalue weighted by Gasteiger charge is -2.36. The van der Waals surface area contributed by atoms with Gasteiger partial charge in [-0.1, -0.05) is 0 Å². The van der Waals surface area contributed by atoms with Crippen molar-refractivity contribution in [3.8, 4) is 0 Å². The van der Waals surface area contributed by atoms with Crippen LogP contribution in [0.2, 0.25) is 0 Å². The molecule has 3 unspecified atom stereocenters. The van der Waals surface area contributed by atoms with Crippen LogP contribution in [0.3, 0.4) is 0 Å². The average Bonchev–Trinajstić information content (AvgIpc) is 2.62. The summed E-state index contributed by atoms with van der Waals surface area (Å²) in [6, 6.07) is 6.53. The fraction of sp³-hybridized carbons (Fsp3) is 0.588. The Bertz CT molecular complexity index is 590. The number of rotatable bonds is 7. The van der Waals surface area contributed by atoms with Crippen molar-refractivity contribution in [3.05, 3.63) is 34.4 Å². The lowest BCUT2D eigenvalue weighted by Crippen LogP contribution is -2.53. The Morgan fingerprint density at radius 2 is 1.84 bits per heavy atom. The molecule has 0 spiro atoms. The molecule has 1 saturated heterocycles. The van der Waals surface area contributed by atoms with E-state index in [0.717, 1.165) is 31.2 Å². The Kier molecular flexibility index (Phi) is 7.22. The van der Waals surface area contributed by atoms with Crippen molar-refractivity contribution in [1.82, 2.24) is 10.2 Å². The van der Waals surface area contributed by atoms with E-state index in [-0.39, 0.29) is 28.9 Å². The second kappa shape index (κ2) is 9.17. The van der Waals surface area contributed by atoms with Gasteiger partial charge in [0.2, 0.25) is 5.91 Å². The van der Waals surface area contributed by atoms with Crippen LogP contribution in [0.1, 0.15) is 20.8 Å². The average molecular weight is 367 g/mol. The van der Waals surface area contributed by atoms with E-state index < -0.39 is 4.92 Å². The van der Waals surface area contributed by atoms with Crippen LogP contribution in [0.25, 0.3) is 0 Å². The van der Waals surface area contributed by atoms with Crippen molar-refractivity contribution in [3.63, 3.8) is 0 Å². The van der Waals surface area contributed by atoms with Gasteiger partial charge in [0.25, 0.3) is 5.69 Å². The van der Waals surface area contributed by atoms with Crippen LogP contribution in [-0.2, 0) is 9.53 Å². The third-order valence-electron chi connectivity index (χ3n) is 4.44. The molecule has 25 heavy (non-hydrogen) atoms. The maximum absolute atomic E-state index is 12.4. The van der Waals surface area contributed by atoms with Crippen molar-refractivity contribution in [1.29, 1.82) is 0 Å². The van der Waals surface area contributed by atoms with Gasteiger partial charge < -0.3 is 10.1 Å². The first-order valence-electron chi connectivity index (χ1n) is 8.41. The lowest BCUT2D eigenvalue weighted by atomic mass is 10.1. The molecule has 1 fully saturated rings. The van der Waals surface area contributed by atoms with E-state index in [1.54, 1.807) is 12.1 Å². The summed E-state index contributed by atoms with van der Waals surface area (Å²) in [7, 11) is 0. The molecule has 1 aliphatic heterocycles. The van der Waals surface area contributed by atoms with Crippen LogP contribution in [0.15, 0.2) is 29.2 Å². The minimum Gasteiger partial charge on any atom is -0.379 e. The Hall–Kier alpha value is -1.64. The summed E-state index contributed by atoms with van der Waals surface area (Å²) in [5.41, 5.74) is 0.0504. The van der Waals surface area contributed by atoms with Crippen molar-refractivity contribution in [2.75, 3.05) is 26.3 Å². The summed E-state index contributed by atoms with van der Waals surface area (Å²) in [4.78, 5) is 25.8. The molecule has 0 saturated carbocycles. The number of non-ortho nitro benzene ring substituents is 1. The molecule has 3 atom stereocenters. The van der Waals surface area contributed by atoms with Crippen molar-refractivity contribution >= 4 is 23.4 Å². The van der Waals surface area contributed by atoms with E-state index in [0.29, 0.717) is 0 Å². The largest absolute Gasteiger partial charge is 0.379 e. The number of hydrogen-bond donors (Lipinski definition) is 1. The monoisotopic (exact) mass is 367 g/mol. The highest BCUT2D eigenvalue weighted by Crippen LogP contribution is 2.25. The fourth-order valence-corrected chi connectivity index (χ4v) is 3.54. The van der Waals surface area contributed by atoms with Gasteiger partial charge in [-0.05, 0) is 32.9 Å². The topological polar surface area (TPSA) is 84.7 Å². The standard InChI is InChI=1S/C17H25N3O4S/c1-12(13(2)19-8-10-24-11-9-19)18-17(21)14(3)25-16-6-4-15(5-7-16)20(22)23/h4-7,12-14H,8-11H2,1-3H3,(H,18,21). The number of nitro groups is 1. The number of thioether (sulfide) groups is 1. The SMILES string of the molecule is CC(Sc1ccc([N+](=O)[O-])cc1)C(=O)NC(C)C(C)N1CCOCC1. The molecule has 1 aromatic rings. The van der Waals surface area contributed by atoms with Gasteiger partial charge in [0.05, 0.1) is 23.4 Å². The predicted octanol–water partition coefficient (Wildman–Crippen LogP) is 2.30. The van der Waals surface area contributed by atoms with Crippen molar-refractivity contribution in [2.24, 2.45) is 0 Å². The van der Waals surface area contributed by atoms with E-state index >= 15 is 0 Å². The van der Waals surface area contributed by atoms with Crippen LogP contribution in [0, 0.1) is 10.1 Å². The molecule has 7 nitrogen and oxygen atoms in total. The smallest absolute Gasteiger partial charge is 0.269 e. The van der Waals surface area contributed by atoms with Crippen LogP contribution in [-0.4, -0.2) is 59.4 Å². The van der Waals surface area contributed by atoms with Gasteiger partial charge in [0.1, 0.15) is 0 Å². The van der Waals surface area contributed by atoms with Gasteiger partial charge >= 0.3 is 0 Å². The number of nitrogens with one attached hydrogen (secondary N) is 1. The molecule has 1 aliphatic rings. The molecule has 8 heteroatoms. The maximum atomic E-state index is 12.4. The molecule has 0 aromatic heterocycles. The van der Waals surface area contributed by atoms with E-state index in [2.05, 4.69) is 17.1 Å². The van der Waals surface area contributed by atoms with E-state index in [9.17, 15) is 14.9 Å². The molecular weight excluding hydrogens is 342 g/mol. The minimum absolute atomic E-state index is 0.0315. The van der Waals surface area contributed by atoms with Crippen LogP contribution in [0.5, 0.6) is 0 Å². The van der Waals surface area contributed by atoms with E-state index in [1.165, 1.54) is 23.9 Å². The highest BCUT2D eigenvalue weighted by atomic mass is 32.2.